The summed E-state index contributed by atoms with van der Waals surface area (Å²) in [4.78, 5) is 0. The summed E-state index contributed by atoms with van der Waals surface area (Å²) in [7, 11) is 0. The van der Waals surface area contributed by atoms with Crippen molar-refractivity contribution in [1.29, 1.82) is 0 Å². The standard InChI is InChI=1S/C20H38O/c1-20(2)18-16-14-12-10-8-6-4-3-5-7-9-11-13-15-17-19-21/h20-21H,3-16,18H2,1-2H3. The predicted molar refractivity (Wildman–Crippen MR) is 93.8 cm³/mol. The third kappa shape index (κ3) is 19.4. The van der Waals surface area contributed by atoms with Crippen molar-refractivity contribution in [3.8, 4) is 12.0 Å². The fraction of sp³-hybridized carbons (Fsp3) is 0.900. The largest absolute Gasteiger partial charge is 0.462 e. The first-order chi connectivity index (χ1) is 10.3. The molecular formula is C20H38O. The van der Waals surface area contributed by atoms with Gasteiger partial charge in [-0.15, -0.1) is 0 Å². The number of hydrogen-bond donors (Lipinski definition) is 1. The molecule has 0 aliphatic rings. The van der Waals surface area contributed by atoms with Crippen molar-refractivity contribution < 1.29 is 5.11 Å². The first kappa shape index (κ1) is 20.4. The highest BCUT2D eigenvalue weighted by molar-refractivity contribution is 4.88. The van der Waals surface area contributed by atoms with E-state index >= 15 is 0 Å². The van der Waals surface area contributed by atoms with E-state index < -0.39 is 0 Å². The molecule has 0 aliphatic carbocycles. The van der Waals surface area contributed by atoms with Gasteiger partial charge in [-0.2, -0.15) is 0 Å². The molecule has 0 fully saturated rings. The van der Waals surface area contributed by atoms with Crippen LogP contribution in [-0.4, -0.2) is 5.11 Å². The molecule has 0 atom stereocenters. The maximum atomic E-state index is 8.33. The second kappa shape index (κ2) is 17.4. The molecule has 0 aliphatic heterocycles. The van der Waals surface area contributed by atoms with Gasteiger partial charge in [0.15, 0.2) is 0 Å². The van der Waals surface area contributed by atoms with Crippen molar-refractivity contribution in [3.63, 3.8) is 0 Å². The summed E-state index contributed by atoms with van der Waals surface area (Å²) in [5.74, 6) is 3.58. The highest BCUT2D eigenvalue weighted by Gasteiger charge is 1.95. The van der Waals surface area contributed by atoms with Gasteiger partial charge in [0.1, 0.15) is 6.11 Å². The van der Waals surface area contributed by atoms with Crippen LogP contribution < -0.4 is 0 Å². The van der Waals surface area contributed by atoms with Gasteiger partial charge in [0.05, 0.1) is 0 Å². The monoisotopic (exact) mass is 294 g/mol. The fourth-order valence-electron chi connectivity index (χ4n) is 2.77. The average Bonchev–Trinajstić information content (AvgIpc) is 2.46. The van der Waals surface area contributed by atoms with E-state index in [9.17, 15) is 0 Å². The van der Waals surface area contributed by atoms with Crippen LogP contribution in [0.3, 0.4) is 0 Å². The minimum Gasteiger partial charge on any atom is -0.462 e. The van der Waals surface area contributed by atoms with Gasteiger partial charge in [0.2, 0.25) is 0 Å². The first-order valence-corrected chi connectivity index (χ1v) is 9.39. The molecule has 0 aromatic heterocycles. The number of aliphatic hydroxyl groups excluding tert-OH is 1. The van der Waals surface area contributed by atoms with E-state index in [4.69, 9.17) is 5.11 Å². The van der Waals surface area contributed by atoms with Crippen LogP contribution in [-0.2, 0) is 0 Å². The zero-order chi connectivity index (χ0) is 15.6. The van der Waals surface area contributed by atoms with Gasteiger partial charge in [-0.3, -0.25) is 0 Å². The Kier molecular flexibility index (Phi) is 16.9. The van der Waals surface area contributed by atoms with Crippen LogP contribution in [0.25, 0.3) is 0 Å². The van der Waals surface area contributed by atoms with Crippen LogP contribution in [0, 0.1) is 17.9 Å². The minimum atomic E-state index is 0.855. The van der Waals surface area contributed by atoms with Crippen molar-refractivity contribution >= 4 is 0 Å². The predicted octanol–water partition coefficient (Wildman–Crippen LogP) is 6.83. The van der Waals surface area contributed by atoms with Gasteiger partial charge in [0.25, 0.3) is 0 Å². The molecule has 0 aromatic carbocycles. The van der Waals surface area contributed by atoms with Crippen LogP contribution in [0.1, 0.15) is 110 Å². The lowest BCUT2D eigenvalue weighted by Crippen LogP contribution is -1.87. The lowest BCUT2D eigenvalue weighted by Gasteiger charge is -2.04. The summed E-state index contributed by atoms with van der Waals surface area (Å²) < 4.78 is 0. The molecule has 0 heterocycles. The normalized spacial score (nSPS) is 10.6. The fourth-order valence-corrected chi connectivity index (χ4v) is 2.77. The van der Waals surface area contributed by atoms with Gasteiger partial charge >= 0.3 is 0 Å². The third-order valence-corrected chi connectivity index (χ3v) is 4.16. The van der Waals surface area contributed by atoms with E-state index in [1.165, 1.54) is 83.5 Å². The van der Waals surface area contributed by atoms with Gasteiger partial charge in [-0.25, -0.2) is 0 Å². The van der Waals surface area contributed by atoms with Gasteiger partial charge in [0, 0.05) is 6.42 Å². The molecular weight excluding hydrogens is 256 g/mol. The van der Waals surface area contributed by atoms with Gasteiger partial charge in [-0.05, 0) is 12.3 Å². The quantitative estimate of drug-likeness (QED) is 0.259. The van der Waals surface area contributed by atoms with Crippen molar-refractivity contribution in [3.05, 3.63) is 0 Å². The summed E-state index contributed by atoms with van der Waals surface area (Å²) in [6.45, 7) is 4.65. The summed E-state index contributed by atoms with van der Waals surface area (Å²) in [5.41, 5.74) is 0. The average molecular weight is 295 g/mol. The third-order valence-electron chi connectivity index (χ3n) is 4.16. The van der Waals surface area contributed by atoms with Crippen molar-refractivity contribution in [2.45, 2.75) is 110 Å². The molecule has 0 saturated carbocycles. The molecule has 0 aromatic rings. The molecule has 0 amide bonds. The Balaban J connectivity index is 2.97. The lowest BCUT2D eigenvalue weighted by atomic mass is 10.0. The lowest BCUT2D eigenvalue weighted by molar-refractivity contribution is 0.502. The van der Waals surface area contributed by atoms with Gasteiger partial charge in [-0.1, -0.05) is 103 Å². The number of hydrogen-bond acceptors (Lipinski definition) is 1. The Morgan fingerprint density at radius 3 is 1.38 bits per heavy atom. The van der Waals surface area contributed by atoms with E-state index in [1.807, 2.05) is 6.11 Å². The van der Waals surface area contributed by atoms with E-state index in [-0.39, 0.29) is 0 Å². The Morgan fingerprint density at radius 1 is 0.619 bits per heavy atom. The molecule has 1 N–H and O–H groups in total. The molecule has 0 saturated heterocycles. The zero-order valence-corrected chi connectivity index (χ0v) is 14.6. The summed E-state index contributed by atoms with van der Waals surface area (Å²) >= 11 is 0. The Labute approximate surface area is 133 Å². The molecule has 124 valence electrons. The number of aliphatic hydroxyl groups is 1. The topological polar surface area (TPSA) is 20.2 Å². The van der Waals surface area contributed by atoms with E-state index in [1.54, 1.807) is 0 Å². The summed E-state index contributed by atoms with van der Waals surface area (Å²) in [5, 5.41) is 8.33. The van der Waals surface area contributed by atoms with Crippen LogP contribution in [0.5, 0.6) is 0 Å². The smallest absolute Gasteiger partial charge is 0.107 e. The highest BCUT2D eigenvalue weighted by atomic mass is 16.2. The molecule has 1 nitrogen and oxygen atoms in total. The Morgan fingerprint density at radius 2 is 1.00 bits per heavy atom. The minimum absolute atomic E-state index is 0.855. The number of unbranched alkanes of at least 4 members (excludes halogenated alkanes) is 13. The number of rotatable bonds is 15. The summed E-state index contributed by atoms with van der Waals surface area (Å²) in [6.07, 6.45) is 22.3. The van der Waals surface area contributed by atoms with Crippen LogP contribution >= 0.6 is 0 Å². The Hall–Kier alpha value is -0.640. The highest BCUT2D eigenvalue weighted by Crippen LogP contribution is 2.14. The molecule has 0 radical (unpaired) electrons. The van der Waals surface area contributed by atoms with E-state index in [2.05, 4.69) is 19.8 Å². The Bertz CT molecular complexity index is 246. The van der Waals surface area contributed by atoms with Gasteiger partial charge < -0.3 is 5.11 Å². The van der Waals surface area contributed by atoms with Crippen LogP contribution in [0.4, 0.5) is 0 Å². The molecule has 1 heteroatoms. The summed E-state index contributed by atoms with van der Waals surface area (Å²) in [6, 6.07) is 0. The SMILES string of the molecule is CC(C)CCCCCCCCCCCCCCCC#CO. The second-order valence-corrected chi connectivity index (χ2v) is 6.82. The van der Waals surface area contributed by atoms with Crippen molar-refractivity contribution in [1.82, 2.24) is 0 Å². The molecule has 21 heavy (non-hydrogen) atoms. The van der Waals surface area contributed by atoms with E-state index in [0.29, 0.717) is 0 Å². The van der Waals surface area contributed by atoms with Crippen molar-refractivity contribution in [2.24, 2.45) is 5.92 Å². The maximum absolute atomic E-state index is 8.33. The molecule has 0 rings (SSSR count). The van der Waals surface area contributed by atoms with E-state index in [0.717, 1.165) is 18.8 Å². The van der Waals surface area contributed by atoms with Crippen LogP contribution in [0.15, 0.2) is 0 Å². The van der Waals surface area contributed by atoms with Crippen LogP contribution in [0.2, 0.25) is 0 Å². The molecule has 0 bridgehead atoms. The second-order valence-electron chi connectivity index (χ2n) is 6.82. The van der Waals surface area contributed by atoms with Crippen molar-refractivity contribution in [2.75, 3.05) is 0 Å². The first-order valence-electron chi connectivity index (χ1n) is 9.39. The maximum Gasteiger partial charge on any atom is 0.107 e. The zero-order valence-electron chi connectivity index (χ0n) is 14.6. The molecule has 0 unspecified atom stereocenters. The molecule has 0 spiro atoms.